The maximum atomic E-state index is 6.80. The molecule has 1 aliphatic heterocycles. The monoisotopic (exact) mass is 623 g/mol. The van der Waals surface area contributed by atoms with Gasteiger partial charge in [-0.05, 0) is 23.3 Å². The minimum atomic E-state index is -0.193. The van der Waals surface area contributed by atoms with Crippen molar-refractivity contribution < 1.29 is 4.74 Å². The summed E-state index contributed by atoms with van der Waals surface area (Å²) in [4.78, 5) is 14.6. The normalized spacial score (nSPS) is 13.2. The van der Waals surface area contributed by atoms with E-state index in [4.69, 9.17) is 19.7 Å². The summed E-state index contributed by atoms with van der Waals surface area (Å²) in [5, 5.41) is 2.53. The van der Waals surface area contributed by atoms with Crippen molar-refractivity contribution in [1.29, 1.82) is 0 Å². The molecule has 0 aliphatic carbocycles. The number of aromatic nitrogens is 3. The summed E-state index contributed by atoms with van der Waals surface area (Å²) in [6.45, 7) is 4.59. The standard InChI is InChI=1S/C42H29N3OS/c1-42(2)33-23-21-30(25-35(33)46-37-34(42)24-22-32-31-15-9-10-16-36(31)47-38(32)37)26-17-19-29(20-18-26)41-44-39(27-11-5-3-6-12-27)43-40(45-41)28-13-7-4-8-14-28/h3-25H,1-2H3. The Balaban J connectivity index is 1.09. The molecule has 1 aliphatic rings. The molecular formula is C42H29N3OS. The van der Waals surface area contributed by atoms with Crippen LogP contribution >= 0.6 is 11.3 Å². The van der Waals surface area contributed by atoms with Crippen LogP contribution in [0.25, 0.3) is 65.5 Å². The van der Waals surface area contributed by atoms with Gasteiger partial charge in [0.25, 0.3) is 0 Å². The summed E-state index contributed by atoms with van der Waals surface area (Å²) in [5.41, 5.74) is 7.27. The molecule has 224 valence electrons. The van der Waals surface area contributed by atoms with Crippen LogP contribution in [0, 0.1) is 0 Å². The second-order valence-corrected chi connectivity index (χ2v) is 13.5. The predicted octanol–water partition coefficient (Wildman–Crippen LogP) is 11.3. The van der Waals surface area contributed by atoms with E-state index in [-0.39, 0.29) is 5.41 Å². The highest BCUT2D eigenvalue weighted by atomic mass is 32.1. The van der Waals surface area contributed by atoms with Gasteiger partial charge in [0.15, 0.2) is 17.5 Å². The number of hydrogen-bond acceptors (Lipinski definition) is 5. The molecule has 5 heteroatoms. The minimum absolute atomic E-state index is 0.193. The second kappa shape index (κ2) is 10.7. The van der Waals surface area contributed by atoms with Crippen molar-refractivity contribution >= 4 is 31.5 Å². The Morgan fingerprint density at radius 2 is 1.02 bits per heavy atom. The molecule has 0 saturated carbocycles. The first-order chi connectivity index (χ1) is 23.0. The van der Waals surface area contributed by atoms with Crippen molar-refractivity contribution in [1.82, 2.24) is 15.0 Å². The first-order valence-electron chi connectivity index (χ1n) is 15.8. The van der Waals surface area contributed by atoms with E-state index in [9.17, 15) is 0 Å². The van der Waals surface area contributed by atoms with Crippen molar-refractivity contribution in [2.75, 3.05) is 0 Å². The first-order valence-corrected chi connectivity index (χ1v) is 16.6. The second-order valence-electron chi connectivity index (χ2n) is 12.5. The van der Waals surface area contributed by atoms with Gasteiger partial charge in [-0.15, -0.1) is 11.3 Å². The number of nitrogens with zero attached hydrogens (tertiary/aromatic N) is 3. The number of benzene rings is 6. The maximum absolute atomic E-state index is 6.80. The summed E-state index contributed by atoms with van der Waals surface area (Å²) >= 11 is 1.81. The minimum Gasteiger partial charge on any atom is -0.455 e. The van der Waals surface area contributed by atoms with Gasteiger partial charge in [-0.25, -0.2) is 15.0 Å². The van der Waals surface area contributed by atoms with Crippen molar-refractivity contribution in [3.63, 3.8) is 0 Å². The Bertz CT molecular complexity index is 2390. The molecule has 0 bridgehead atoms. The van der Waals surface area contributed by atoms with Crippen LogP contribution in [-0.4, -0.2) is 15.0 Å². The Morgan fingerprint density at radius 1 is 0.489 bits per heavy atom. The van der Waals surface area contributed by atoms with E-state index < -0.39 is 0 Å². The fourth-order valence-corrected chi connectivity index (χ4v) is 7.85. The number of hydrogen-bond donors (Lipinski definition) is 0. The van der Waals surface area contributed by atoms with Crippen LogP contribution in [0.5, 0.6) is 11.5 Å². The molecule has 6 aromatic carbocycles. The van der Waals surface area contributed by atoms with Crippen LogP contribution in [0.15, 0.2) is 140 Å². The van der Waals surface area contributed by atoms with Gasteiger partial charge in [0.2, 0.25) is 0 Å². The fourth-order valence-electron chi connectivity index (χ4n) is 6.66. The molecule has 0 fully saturated rings. The smallest absolute Gasteiger partial charge is 0.164 e. The summed E-state index contributed by atoms with van der Waals surface area (Å²) in [6.07, 6.45) is 0. The zero-order chi connectivity index (χ0) is 31.5. The van der Waals surface area contributed by atoms with Gasteiger partial charge >= 0.3 is 0 Å². The molecule has 47 heavy (non-hydrogen) atoms. The Labute approximate surface area is 277 Å². The van der Waals surface area contributed by atoms with E-state index in [0.29, 0.717) is 17.5 Å². The average Bonchev–Trinajstić information content (AvgIpc) is 3.51. The van der Waals surface area contributed by atoms with Crippen molar-refractivity contribution in [2.45, 2.75) is 19.3 Å². The van der Waals surface area contributed by atoms with Gasteiger partial charge < -0.3 is 4.74 Å². The molecule has 0 atom stereocenters. The Hall–Kier alpha value is -5.65. The zero-order valence-electron chi connectivity index (χ0n) is 25.9. The van der Waals surface area contributed by atoms with E-state index in [2.05, 4.69) is 92.7 Å². The molecule has 0 unspecified atom stereocenters. The van der Waals surface area contributed by atoms with Crippen molar-refractivity contribution in [3.8, 4) is 56.8 Å². The molecule has 0 spiro atoms. The lowest BCUT2D eigenvalue weighted by atomic mass is 9.75. The molecule has 0 amide bonds. The predicted molar refractivity (Wildman–Crippen MR) is 193 cm³/mol. The molecule has 2 aromatic heterocycles. The molecule has 4 nitrogen and oxygen atoms in total. The lowest BCUT2D eigenvalue weighted by Crippen LogP contribution is -2.24. The van der Waals surface area contributed by atoms with Crippen molar-refractivity contribution in [3.05, 3.63) is 151 Å². The van der Waals surface area contributed by atoms with Crippen LogP contribution in [0.4, 0.5) is 0 Å². The zero-order valence-corrected chi connectivity index (χ0v) is 26.8. The van der Waals surface area contributed by atoms with Crippen molar-refractivity contribution in [2.24, 2.45) is 0 Å². The third kappa shape index (κ3) is 4.62. The summed E-state index contributed by atoms with van der Waals surface area (Å²) in [5.74, 6) is 3.84. The highest BCUT2D eigenvalue weighted by molar-refractivity contribution is 7.26. The van der Waals surface area contributed by atoms with E-state index in [0.717, 1.165) is 39.3 Å². The third-order valence-corrected chi connectivity index (χ3v) is 10.4. The lowest BCUT2D eigenvalue weighted by molar-refractivity contribution is 0.424. The van der Waals surface area contributed by atoms with Crippen LogP contribution in [0.3, 0.4) is 0 Å². The Kier molecular flexibility index (Phi) is 6.30. The molecular weight excluding hydrogens is 595 g/mol. The van der Waals surface area contributed by atoms with Gasteiger partial charge in [-0.1, -0.05) is 141 Å². The number of rotatable bonds is 4. The van der Waals surface area contributed by atoms with Gasteiger partial charge in [0.05, 0.1) is 4.70 Å². The van der Waals surface area contributed by atoms with Crippen LogP contribution in [0.1, 0.15) is 25.0 Å². The van der Waals surface area contributed by atoms with Crippen LogP contribution in [-0.2, 0) is 5.41 Å². The van der Waals surface area contributed by atoms with E-state index in [1.807, 2.05) is 72.0 Å². The summed E-state index contributed by atoms with van der Waals surface area (Å²) in [7, 11) is 0. The number of fused-ring (bicyclic) bond motifs is 6. The Morgan fingerprint density at radius 3 is 1.68 bits per heavy atom. The van der Waals surface area contributed by atoms with E-state index >= 15 is 0 Å². The quantitative estimate of drug-likeness (QED) is 0.196. The van der Waals surface area contributed by atoms with Gasteiger partial charge in [-0.2, -0.15) is 0 Å². The summed E-state index contributed by atoms with van der Waals surface area (Å²) < 4.78 is 9.29. The molecule has 0 radical (unpaired) electrons. The largest absolute Gasteiger partial charge is 0.455 e. The summed E-state index contributed by atoms with van der Waals surface area (Å²) in [6, 6.07) is 48.3. The van der Waals surface area contributed by atoms with E-state index in [1.54, 1.807) is 0 Å². The van der Waals surface area contributed by atoms with Gasteiger partial charge in [0.1, 0.15) is 11.5 Å². The average molecular weight is 624 g/mol. The van der Waals surface area contributed by atoms with Gasteiger partial charge in [0, 0.05) is 48.7 Å². The van der Waals surface area contributed by atoms with Gasteiger partial charge in [-0.3, -0.25) is 0 Å². The van der Waals surface area contributed by atoms with E-state index in [1.165, 1.54) is 31.3 Å². The maximum Gasteiger partial charge on any atom is 0.164 e. The SMILES string of the molecule is CC1(C)c2ccc(-c3ccc(-c4nc(-c5ccccc5)nc(-c5ccccc5)n4)cc3)cc2Oc2c1ccc1c2sc2ccccc21. The number of ether oxygens (including phenoxy) is 1. The van der Waals surface area contributed by atoms with Crippen LogP contribution in [0.2, 0.25) is 0 Å². The molecule has 9 rings (SSSR count). The fraction of sp³-hybridized carbons (Fsp3) is 0.0714. The first kappa shape index (κ1) is 27.6. The third-order valence-electron chi connectivity index (χ3n) is 9.22. The topological polar surface area (TPSA) is 47.9 Å². The highest BCUT2D eigenvalue weighted by Gasteiger charge is 2.36. The molecule has 0 saturated heterocycles. The lowest BCUT2D eigenvalue weighted by Gasteiger charge is -2.35. The molecule has 8 aromatic rings. The van der Waals surface area contributed by atoms with Crippen LogP contribution < -0.4 is 4.74 Å². The molecule has 0 N–H and O–H groups in total. The molecule has 3 heterocycles. The highest BCUT2D eigenvalue weighted by Crippen LogP contribution is 2.53. The number of thiophene rings is 1.